The predicted molar refractivity (Wildman–Crippen MR) is 89.7 cm³/mol. The molecule has 1 N–H and O–H groups in total. The Kier molecular flexibility index (Phi) is 5.15. The van der Waals surface area contributed by atoms with Crippen LogP contribution in [-0.2, 0) is 4.79 Å². The molecule has 2 amide bonds. The van der Waals surface area contributed by atoms with E-state index in [1.165, 1.54) is 0 Å². The summed E-state index contributed by atoms with van der Waals surface area (Å²) in [5.74, 6) is 0.397. The van der Waals surface area contributed by atoms with Crippen molar-refractivity contribution in [2.75, 3.05) is 19.6 Å². The van der Waals surface area contributed by atoms with Crippen molar-refractivity contribution in [1.29, 1.82) is 0 Å². The van der Waals surface area contributed by atoms with Crippen LogP contribution in [-0.4, -0.2) is 41.5 Å². The van der Waals surface area contributed by atoms with Crippen LogP contribution in [0.3, 0.4) is 0 Å². The zero-order chi connectivity index (χ0) is 16.9. The number of carbonyl (C=O) groups is 2. The summed E-state index contributed by atoms with van der Waals surface area (Å²) in [6, 6.07) is 8.74. The molecule has 24 heavy (non-hydrogen) atoms. The molecular weight excluding hydrogens is 330 g/mol. The minimum atomic E-state index is -0.292. The van der Waals surface area contributed by atoms with Gasteiger partial charge in [0, 0.05) is 42.7 Å². The maximum absolute atomic E-state index is 12.1. The predicted octanol–water partition coefficient (Wildman–Crippen LogP) is 2.74. The van der Waals surface area contributed by atoms with E-state index in [2.05, 4.69) is 10.5 Å². The van der Waals surface area contributed by atoms with Crippen molar-refractivity contribution in [3.8, 4) is 11.3 Å². The van der Waals surface area contributed by atoms with Gasteiger partial charge in [-0.25, -0.2) is 0 Å². The molecule has 0 bridgehead atoms. The van der Waals surface area contributed by atoms with Crippen LogP contribution in [0.5, 0.6) is 0 Å². The van der Waals surface area contributed by atoms with E-state index in [1.807, 2.05) is 11.0 Å². The number of benzene rings is 1. The largest absolute Gasteiger partial charge is 0.355 e. The van der Waals surface area contributed by atoms with Gasteiger partial charge < -0.3 is 14.7 Å². The average Bonchev–Trinajstić information content (AvgIpc) is 3.21. The van der Waals surface area contributed by atoms with Crippen molar-refractivity contribution >= 4 is 23.4 Å². The first-order chi connectivity index (χ1) is 11.6. The van der Waals surface area contributed by atoms with Crippen molar-refractivity contribution in [1.82, 2.24) is 15.4 Å². The second kappa shape index (κ2) is 7.49. The Labute approximate surface area is 144 Å². The highest BCUT2D eigenvalue weighted by Crippen LogP contribution is 2.23. The molecule has 2 heterocycles. The van der Waals surface area contributed by atoms with Crippen molar-refractivity contribution in [2.45, 2.75) is 19.3 Å². The van der Waals surface area contributed by atoms with Crippen LogP contribution in [0.25, 0.3) is 11.3 Å². The molecule has 6 nitrogen and oxygen atoms in total. The van der Waals surface area contributed by atoms with Crippen LogP contribution in [0, 0.1) is 0 Å². The fourth-order valence-corrected chi connectivity index (χ4v) is 2.85. The molecule has 0 aliphatic carbocycles. The standard InChI is InChI=1S/C17H18ClN3O3/c18-13-5-1-4-12(10-13)15-11-14(20-24-15)17(23)19-7-3-9-21-8-2-6-16(21)22/h1,4-5,10-11H,2-3,6-9H2,(H,19,23). The van der Waals surface area contributed by atoms with Gasteiger partial charge in [0.25, 0.3) is 5.91 Å². The molecule has 0 atom stereocenters. The van der Waals surface area contributed by atoms with E-state index in [0.29, 0.717) is 30.3 Å². The molecule has 7 heteroatoms. The summed E-state index contributed by atoms with van der Waals surface area (Å²) in [6.07, 6.45) is 2.28. The number of carbonyl (C=O) groups excluding carboxylic acids is 2. The second-order valence-electron chi connectivity index (χ2n) is 5.68. The Morgan fingerprint density at radius 1 is 1.38 bits per heavy atom. The van der Waals surface area contributed by atoms with E-state index in [0.717, 1.165) is 24.9 Å². The summed E-state index contributed by atoms with van der Waals surface area (Å²) in [5.41, 5.74) is 0.990. The van der Waals surface area contributed by atoms with E-state index in [-0.39, 0.29) is 17.5 Å². The molecule has 0 spiro atoms. The van der Waals surface area contributed by atoms with Crippen molar-refractivity contribution in [2.24, 2.45) is 0 Å². The molecule has 1 aromatic heterocycles. The lowest BCUT2D eigenvalue weighted by Crippen LogP contribution is -2.30. The van der Waals surface area contributed by atoms with Crippen molar-refractivity contribution in [3.63, 3.8) is 0 Å². The number of rotatable bonds is 6. The Morgan fingerprint density at radius 3 is 3.00 bits per heavy atom. The molecule has 1 aliphatic rings. The molecule has 1 fully saturated rings. The van der Waals surface area contributed by atoms with Gasteiger partial charge in [0.1, 0.15) is 0 Å². The zero-order valence-corrected chi connectivity index (χ0v) is 13.9. The molecule has 1 aliphatic heterocycles. The number of amides is 2. The van der Waals surface area contributed by atoms with Crippen LogP contribution in [0.1, 0.15) is 29.8 Å². The molecule has 126 valence electrons. The number of aromatic nitrogens is 1. The SMILES string of the molecule is O=C(NCCCN1CCCC1=O)c1cc(-c2cccc(Cl)c2)on1. The second-order valence-corrected chi connectivity index (χ2v) is 6.12. The van der Waals surface area contributed by atoms with Crippen LogP contribution in [0.4, 0.5) is 0 Å². The molecule has 1 saturated heterocycles. The summed E-state index contributed by atoms with van der Waals surface area (Å²) >= 11 is 5.94. The van der Waals surface area contributed by atoms with Gasteiger partial charge in [-0.15, -0.1) is 0 Å². The first-order valence-electron chi connectivity index (χ1n) is 7.92. The topological polar surface area (TPSA) is 75.4 Å². The minimum absolute atomic E-state index is 0.198. The van der Waals surface area contributed by atoms with Gasteiger partial charge in [-0.05, 0) is 25.0 Å². The van der Waals surface area contributed by atoms with Crippen molar-refractivity contribution in [3.05, 3.63) is 41.0 Å². The Morgan fingerprint density at radius 2 is 2.25 bits per heavy atom. The van der Waals surface area contributed by atoms with E-state index >= 15 is 0 Å². The van der Waals surface area contributed by atoms with Gasteiger partial charge in [0.05, 0.1) is 0 Å². The fourth-order valence-electron chi connectivity index (χ4n) is 2.66. The van der Waals surface area contributed by atoms with Gasteiger partial charge in [0.15, 0.2) is 11.5 Å². The van der Waals surface area contributed by atoms with E-state index in [9.17, 15) is 9.59 Å². The lowest BCUT2D eigenvalue weighted by Gasteiger charge is -2.14. The molecule has 0 saturated carbocycles. The first kappa shape index (κ1) is 16.5. The quantitative estimate of drug-likeness (QED) is 0.815. The van der Waals surface area contributed by atoms with Gasteiger partial charge >= 0.3 is 0 Å². The molecule has 0 unspecified atom stereocenters. The normalized spacial score (nSPS) is 14.2. The van der Waals surface area contributed by atoms with E-state index in [4.69, 9.17) is 16.1 Å². The zero-order valence-electron chi connectivity index (χ0n) is 13.1. The monoisotopic (exact) mass is 347 g/mol. The third kappa shape index (κ3) is 3.94. The average molecular weight is 348 g/mol. The van der Waals surface area contributed by atoms with Crippen LogP contribution in [0.15, 0.2) is 34.9 Å². The molecule has 2 aromatic rings. The highest BCUT2D eigenvalue weighted by Gasteiger charge is 2.19. The van der Waals surface area contributed by atoms with E-state index < -0.39 is 0 Å². The molecule has 3 rings (SSSR count). The summed E-state index contributed by atoms with van der Waals surface area (Å²) in [7, 11) is 0. The molecular formula is C17H18ClN3O3. The number of hydrogen-bond donors (Lipinski definition) is 1. The summed E-state index contributed by atoms with van der Waals surface area (Å²) in [4.78, 5) is 25.4. The number of likely N-dealkylation sites (tertiary alicyclic amines) is 1. The lowest BCUT2D eigenvalue weighted by atomic mass is 10.1. The smallest absolute Gasteiger partial charge is 0.273 e. The Hall–Kier alpha value is -2.34. The first-order valence-corrected chi connectivity index (χ1v) is 8.30. The fraction of sp³-hybridized carbons (Fsp3) is 0.353. The van der Waals surface area contributed by atoms with Crippen LogP contribution in [0.2, 0.25) is 5.02 Å². The Bertz CT molecular complexity index is 744. The van der Waals surface area contributed by atoms with Gasteiger partial charge in [-0.1, -0.05) is 28.9 Å². The summed E-state index contributed by atoms with van der Waals surface area (Å²) in [6.45, 7) is 1.98. The minimum Gasteiger partial charge on any atom is -0.355 e. The number of nitrogens with one attached hydrogen (secondary N) is 1. The van der Waals surface area contributed by atoms with Gasteiger partial charge in [-0.3, -0.25) is 9.59 Å². The van der Waals surface area contributed by atoms with Crippen LogP contribution >= 0.6 is 11.6 Å². The molecule has 0 radical (unpaired) electrons. The van der Waals surface area contributed by atoms with Crippen molar-refractivity contribution < 1.29 is 14.1 Å². The molecule has 1 aromatic carbocycles. The van der Waals surface area contributed by atoms with E-state index in [1.54, 1.807) is 24.3 Å². The number of halogens is 1. The highest BCUT2D eigenvalue weighted by molar-refractivity contribution is 6.30. The summed E-state index contributed by atoms with van der Waals surface area (Å²) in [5, 5.41) is 7.17. The van der Waals surface area contributed by atoms with Gasteiger partial charge in [-0.2, -0.15) is 0 Å². The van der Waals surface area contributed by atoms with Gasteiger partial charge in [0.2, 0.25) is 5.91 Å². The lowest BCUT2D eigenvalue weighted by molar-refractivity contribution is -0.127. The maximum atomic E-state index is 12.1. The Balaban J connectivity index is 1.50. The number of nitrogens with zero attached hydrogens (tertiary/aromatic N) is 2. The third-order valence-electron chi connectivity index (χ3n) is 3.91. The summed E-state index contributed by atoms with van der Waals surface area (Å²) < 4.78 is 5.21. The third-order valence-corrected chi connectivity index (χ3v) is 4.15. The highest BCUT2D eigenvalue weighted by atomic mass is 35.5. The number of hydrogen-bond acceptors (Lipinski definition) is 4. The maximum Gasteiger partial charge on any atom is 0.273 e. The van der Waals surface area contributed by atoms with Crippen LogP contribution < -0.4 is 5.32 Å².